The molecular weight excluding hydrogens is 272 g/mol. The molecule has 0 radical (unpaired) electrons. The molecule has 0 aromatic heterocycles. The molecule has 0 amide bonds. The minimum atomic E-state index is -4.58. The lowest BCUT2D eigenvalue weighted by atomic mass is 9.98. The Morgan fingerprint density at radius 2 is 1.90 bits per heavy atom. The molecule has 0 unspecified atom stereocenters. The summed E-state index contributed by atoms with van der Waals surface area (Å²) in [4.78, 5) is 1.91. The molecular formula is C14H16F4N2. The molecule has 1 heterocycles. The maximum Gasteiger partial charge on any atom is 0.416 e. The van der Waals surface area contributed by atoms with Crippen LogP contribution >= 0.6 is 0 Å². The number of benzene rings is 1. The Kier molecular flexibility index (Phi) is 4.45. The van der Waals surface area contributed by atoms with Gasteiger partial charge in [0.15, 0.2) is 0 Å². The second-order valence-corrected chi connectivity index (χ2v) is 4.70. The molecule has 1 fully saturated rings. The lowest BCUT2D eigenvalue weighted by molar-refractivity contribution is -0.138. The Hall–Kier alpha value is -1.40. The molecule has 1 saturated heterocycles. The van der Waals surface area contributed by atoms with Gasteiger partial charge in [-0.25, -0.2) is 4.39 Å². The number of alkyl halides is 3. The van der Waals surface area contributed by atoms with E-state index in [0.717, 1.165) is 6.07 Å². The highest BCUT2D eigenvalue weighted by molar-refractivity contribution is 5.35. The largest absolute Gasteiger partial charge is 0.416 e. The van der Waals surface area contributed by atoms with Crippen LogP contribution in [0.3, 0.4) is 0 Å². The molecule has 1 aromatic carbocycles. The predicted octanol–water partition coefficient (Wildman–Crippen LogP) is 2.98. The summed E-state index contributed by atoms with van der Waals surface area (Å²) in [5.74, 6) is -0.885. The number of nitrogens with zero attached hydrogens (tertiary/aromatic N) is 1. The van der Waals surface area contributed by atoms with Gasteiger partial charge in [-0.3, -0.25) is 4.90 Å². The Bertz CT molecular complexity index is 479. The monoisotopic (exact) mass is 288 g/mol. The highest BCUT2D eigenvalue weighted by atomic mass is 19.4. The molecule has 1 N–H and O–H groups in total. The minimum Gasteiger partial charge on any atom is -0.314 e. The van der Waals surface area contributed by atoms with Gasteiger partial charge in [0.2, 0.25) is 0 Å². The van der Waals surface area contributed by atoms with Gasteiger partial charge in [-0.05, 0) is 17.7 Å². The zero-order chi connectivity index (χ0) is 14.8. The summed E-state index contributed by atoms with van der Waals surface area (Å²) in [6.07, 6.45) is -3.10. The number of hydrogen-bond acceptors (Lipinski definition) is 2. The summed E-state index contributed by atoms with van der Waals surface area (Å²) in [5, 5.41) is 3.14. The number of nitrogens with one attached hydrogen (secondary N) is 1. The second-order valence-electron chi connectivity index (χ2n) is 4.70. The molecule has 2 nitrogen and oxygen atoms in total. The van der Waals surface area contributed by atoms with Crippen molar-refractivity contribution in [1.82, 2.24) is 10.2 Å². The van der Waals surface area contributed by atoms with Gasteiger partial charge in [0.25, 0.3) is 0 Å². The Morgan fingerprint density at radius 3 is 2.45 bits per heavy atom. The standard InChI is InChI=1S/C14H16F4N2/c1-2-13(20-7-5-19-6-8-20)11-4-3-10(15)9-12(11)14(16,17)18/h2-4,9,13,19H,1,5-8H2/t13-/m1/s1. The lowest BCUT2D eigenvalue weighted by Gasteiger charge is -2.34. The van der Waals surface area contributed by atoms with E-state index >= 15 is 0 Å². The third kappa shape index (κ3) is 3.19. The maximum absolute atomic E-state index is 13.1. The lowest BCUT2D eigenvalue weighted by Crippen LogP contribution is -2.45. The van der Waals surface area contributed by atoms with Crippen LogP contribution in [0.5, 0.6) is 0 Å². The highest BCUT2D eigenvalue weighted by Crippen LogP contribution is 2.37. The van der Waals surface area contributed by atoms with Gasteiger partial charge < -0.3 is 5.32 Å². The first kappa shape index (κ1) is 15.0. The molecule has 110 valence electrons. The van der Waals surface area contributed by atoms with E-state index in [1.165, 1.54) is 12.1 Å². The van der Waals surface area contributed by atoms with Gasteiger partial charge in [0, 0.05) is 26.2 Å². The SMILES string of the molecule is C=C[C@H](c1ccc(F)cc1C(F)(F)F)N1CCNCC1. The molecule has 0 saturated carbocycles. The van der Waals surface area contributed by atoms with E-state index in [4.69, 9.17) is 0 Å². The first-order valence-corrected chi connectivity index (χ1v) is 6.37. The normalized spacial score (nSPS) is 18.8. The van der Waals surface area contributed by atoms with Crippen molar-refractivity contribution in [3.63, 3.8) is 0 Å². The predicted molar refractivity (Wildman–Crippen MR) is 68.8 cm³/mol. The number of hydrogen-bond donors (Lipinski definition) is 1. The van der Waals surface area contributed by atoms with Crippen LogP contribution in [0.1, 0.15) is 17.2 Å². The smallest absolute Gasteiger partial charge is 0.314 e. The maximum atomic E-state index is 13.1. The van der Waals surface area contributed by atoms with E-state index in [-0.39, 0.29) is 5.56 Å². The van der Waals surface area contributed by atoms with Crippen molar-refractivity contribution in [3.05, 3.63) is 47.8 Å². The Balaban J connectivity index is 2.40. The quantitative estimate of drug-likeness (QED) is 0.679. The third-order valence-corrected chi connectivity index (χ3v) is 3.41. The van der Waals surface area contributed by atoms with Crippen LogP contribution in [-0.4, -0.2) is 31.1 Å². The van der Waals surface area contributed by atoms with Crippen LogP contribution in [0.2, 0.25) is 0 Å². The fourth-order valence-corrected chi connectivity index (χ4v) is 2.46. The van der Waals surface area contributed by atoms with Crippen LogP contribution in [0.15, 0.2) is 30.9 Å². The fraction of sp³-hybridized carbons (Fsp3) is 0.429. The molecule has 0 spiro atoms. The molecule has 0 aliphatic carbocycles. The average molecular weight is 288 g/mol. The number of halogens is 4. The van der Waals surface area contributed by atoms with Crippen molar-refractivity contribution in [2.24, 2.45) is 0 Å². The van der Waals surface area contributed by atoms with E-state index in [9.17, 15) is 17.6 Å². The van der Waals surface area contributed by atoms with Gasteiger partial charge in [-0.15, -0.1) is 6.58 Å². The first-order valence-electron chi connectivity index (χ1n) is 6.37. The summed E-state index contributed by atoms with van der Waals surface area (Å²) in [6.45, 7) is 6.33. The molecule has 2 rings (SSSR count). The Morgan fingerprint density at radius 1 is 1.25 bits per heavy atom. The molecule has 6 heteroatoms. The second kappa shape index (κ2) is 5.93. The van der Waals surface area contributed by atoms with Crippen molar-refractivity contribution in [2.45, 2.75) is 12.2 Å². The molecule has 1 aromatic rings. The zero-order valence-electron chi connectivity index (χ0n) is 10.9. The van der Waals surface area contributed by atoms with E-state index < -0.39 is 23.6 Å². The van der Waals surface area contributed by atoms with Crippen molar-refractivity contribution < 1.29 is 17.6 Å². The third-order valence-electron chi connectivity index (χ3n) is 3.41. The van der Waals surface area contributed by atoms with Gasteiger partial charge in [0.1, 0.15) is 5.82 Å². The molecule has 1 atom stereocenters. The van der Waals surface area contributed by atoms with E-state index in [0.29, 0.717) is 32.2 Å². The van der Waals surface area contributed by atoms with Crippen LogP contribution in [-0.2, 0) is 6.18 Å². The van der Waals surface area contributed by atoms with Crippen LogP contribution in [0.4, 0.5) is 17.6 Å². The molecule has 1 aliphatic rings. The number of piperazine rings is 1. The van der Waals surface area contributed by atoms with Crippen molar-refractivity contribution in [1.29, 1.82) is 0 Å². The van der Waals surface area contributed by atoms with E-state index in [1.807, 2.05) is 4.90 Å². The van der Waals surface area contributed by atoms with Crippen molar-refractivity contribution >= 4 is 0 Å². The summed E-state index contributed by atoms with van der Waals surface area (Å²) in [6, 6.07) is 2.25. The van der Waals surface area contributed by atoms with Crippen LogP contribution in [0, 0.1) is 5.82 Å². The van der Waals surface area contributed by atoms with E-state index in [1.54, 1.807) is 0 Å². The van der Waals surface area contributed by atoms with Crippen molar-refractivity contribution in [3.8, 4) is 0 Å². The van der Waals surface area contributed by atoms with Gasteiger partial charge in [0.05, 0.1) is 11.6 Å². The van der Waals surface area contributed by atoms with Gasteiger partial charge in [-0.1, -0.05) is 12.1 Å². The van der Waals surface area contributed by atoms with E-state index in [2.05, 4.69) is 11.9 Å². The van der Waals surface area contributed by atoms with Crippen LogP contribution < -0.4 is 5.32 Å². The molecule has 1 aliphatic heterocycles. The summed E-state index contributed by atoms with van der Waals surface area (Å²) < 4.78 is 52.3. The Labute approximate surface area is 115 Å². The van der Waals surface area contributed by atoms with Crippen LogP contribution in [0.25, 0.3) is 0 Å². The summed E-state index contributed by atoms with van der Waals surface area (Å²) in [5.41, 5.74) is -0.878. The zero-order valence-corrected chi connectivity index (χ0v) is 10.9. The summed E-state index contributed by atoms with van der Waals surface area (Å²) in [7, 11) is 0. The molecule has 20 heavy (non-hydrogen) atoms. The summed E-state index contributed by atoms with van der Waals surface area (Å²) >= 11 is 0. The van der Waals surface area contributed by atoms with Gasteiger partial charge in [-0.2, -0.15) is 13.2 Å². The minimum absolute atomic E-state index is 0.0517. The fourth-order valence-electron chi connectivity index (χ4n) is 2.46. The van der Waals surface area contributed by atoms with Gasteiger partial charge >= 0.3 is 6.18 Å². The number of rotatable bonds is 3. The first-order chi connectivity index (χ1) is 9.43. The average Bonchev–Trinajstić information content (AvgIpc) is 2.41. The highest BCUT2D eigenvalue weighted by Gasteiger charge is 2.36. The van der Waals surface area contributed by atoms with Crippen molar-refractivity contribution in [2.75, 3.05) is 26.2 Å². The topological polar surface area (TPSA) is 15.3 Å². The molecule has 0 bridgehead atoms.